The third kappa shape index (κ3) is 3.14. The van der Waals surface area contributed by atoms with Gasteiger partial charge in [-0.25, -0.2) is 4.98 Å². The summed E-state index contributed by atoms with van der Waals surface area (Å²) in [7, 11) is 1.79. The van der Waals surface area contributed by atoms with E-state index < -0.39 is 0 Å². The summed E-state index contributed by atoms with van der Waals surface area (Å²) in [6, 6.07) is 0. The van der Waals surface area contributed by atoms with Crippen LogP contribution in [0.2, 0.25) is 4.47 Å². The lowest BCUT2D eigenvalue weighted by molar-refractivity contribution is 0.0289. The Morgan fingerprint density at radius 3 is 3.27 bits per heavy atom. The third-order valence-electron chi connectivity index (χ3n) is 2.70. The summed E-state index contributed by atoms with van der Waals surface area (Å²) in [6.45, 7) is 3.12. The average Bonchev–Trinajstić information content (AvgIpc) is 2.64. The smallest absolute Gasteiger partial charge is 0.183 e. The van der Waals surface area contributed by atoms with Crippen molar-refractivity contribution in [3.63, 3.8) is 0 Å². The van der Waals surface area contributed by atoms with E-state index in [1.807, 2.05) is 6.20 Å². The fraction of sp³-hybridized carbons (Fsp3) is 0.700. The monoisotopic (exact) mass is 246 g/mol. The highest BCUT2D eigenvalue weighted by Gasteiger charge is 2.19. The Morgan fingerprint density at radius 2 is 2.60 bits per heavy atom. The number of thiazole rings is 1. The van der Waals surface area contributed by atoms with E-state index in [-0.39, 0.29) is 0 Å². The first-order valence-corrected chi connectivity index (χ1v) is 6.32. The van der Waals surface area contributed by atoms with Gasteiger partial charge in [-0.15, -0.1) is 11.3 Å². The van der Waals surface area contributed by atoms with E-state index in [2.05, 4.69) is 9.88 Å². The van der Waals surface area contributed by atoms with Gasteiger partial charge in [-0.3, -0.25) is 4.90 Å². The van der Waals surface area contributed by atoms with Crippen LogP contribution in [0.15, 0.2) is 6.20 Å². The van der Waals surface area contributed by atoms with Gasteiger partial charge in [0.05, 0.1) is 6.10 Å². The van der Waals surface area contributed by atoms with Gasteiger partial charge in [0.15, 0.2) is 4.47 Å². The van der Waals surface area contributed by atoms with Crippen LogP contribution in [-0.2, 0) is 11.3 Å². The lowest BCUT2D eigenvalue weighted by Crippen LogP contribution is -2.38. The Labute approximate surface area is 99.0 Å². The summed E-state index contributed by atoms with van der Waals surface area (Å²) in [6.07, 6.45) is 4.65. The van der Waals surface area contributed by atoms with Gasteiger partial charge in [0, 0.05) is 31.3 Å². The number of hydrogen-bond acceptors (Lipinski definition) is 4. The van der Waals surface area contributed by atoms with E-state index in [1.54, 1.807) is 18.4 Å². The summed E-state index contributed by atoms with van der Waals surface area (Å²) in [4.78, 5) is 7.68. The van der Waals surface area contributed by atoms with Crippen molar-refractivity contribution in [1.82, 2.24) is 9.88 Å². The Hall–Kier alpha value is -0.160. The van der Waals surface area contributed by atoms with Gasteiger partial charge < -0.3 is 4.74 Å². The van der Waals surface area contributed by atoms with Crippen LogP contribution in [0.5, 0.6) is 0 Å². The quantitative estimate of drug-likeness (QED) is 0.819. The molecule has 0 spiro atoms. The molecule has 0 saturated carbocycles. The molecule has 3 nitrogen and oxygen atoms in total. The van der Waals surface area contributed by atoms with E-state index in [9.17, 15) is 0 Å². The maximum atomic E-state index is 5.80. The second-order valence-corrected chi connectivity index (χ2v) is 5.51. The van der Waals surface area contributed by atoms with Crippen molar-refractivity contribution in [1.29, 1.82) is 0 Å². The van der Waals surface area contributed by atoms with Crippen molar-refractivity contribution >= 4 is 22.9 Å². The molecule has 15 heavy (non-hydrogen) atoms. The largest absolute Gasteiger partial charge is 0.380 e. The predicted octanol–water partition coefficient (Wildman–Crippen LogP) is 2.41. The van der Waals surface area contributed by atoms with E-state index >= 15 is 0 Å². The molecule has 2 rings (SSSR count). The number of rotatable bonds is 3. The van der Waals surface area contributed by atoms with Crippen molar-refractivity contribution in [2.24, 2.45) is 0 Å². The highest BCUT2D eigenvalue weighted by Crippen LogP contribution is 2.21. The lowest BCUT2D eigenvalue weighted by Gasteiger charge is -2.31. The Balaban J connectivity index is 1.88. The Morgan fingerprint density at radius 1 is 1.73 bits per heavy atom. The molecule has 1 saturated heterocycles. The summed E-state index contributed by atoms with van der Waals surface area (Å²) >= 11 is 7.36. The molecule has 1 unspecified atom stereocenters. The van der Waals surface area contributed by atoms with Crippen LogP contribution >= 0.6 is 22.9 Å². The van der Waals surface area contributed by atoms with E-state index in [1.165, 1.54) is 17.7 Å². The van der Waals surface area contributed by atoms with Gasteiger partial charge in [-0.1, -0.05) is 11.6 Å². The molecule has 5 heteroatoms. The molecule has 84 valence electrons. The topological polar surface area (TPSA) is 25.4 Å². The molecule has 2 heterocycles. The molecule has 0 aromatic carbocycles. The molecule has 0 N–H and O–H groups in total. The summed E-state index contributed by atoms with van der Waals surface area (Å²) in [5.41, 5.74) is 0. The van der Waals surface area contributed by atoms with Crippen LogP contribution in [0, 0.1) is 0 Å². The second kappa shape index (κ2) is 5.25. The third-order valence-corrected chi connectivity index (χ3v) is 3.80. The predicted molar refractivity (Wildman–Crippen MR) is 62.4 cm³/mol. The molecule has 0 aliphatic carbocycles. The molecule has 1 fully saturated rings. The zero-order valence-electron chi connectivity index (χ0n) is 8.78. The summed E-state index contributed by atoms with van der Waals surface area (Å²) in [5.74, 6) is 0. The van der Waals surface area contributed by atoms with Crippen molar-refractivity contribution < 1.29 is 4.74 Å². The van der Waals surface area contributed by atoms with Crippen molar-refractivity contribution in [3.05, 3.63) is 15.5 Å². The van der Waals surface area contributed by atoms with Crippen LogP contribution in [-0.4, -0.2) is 36.2 Å². The molecule has 0 amide bonds. The van der Waals surface area contributed by atoms with Crippen molar-refractivity contribution in [2.45, 2.75) is 25.5 Å². The molecule has 0 bridgehead atoms. The number of aromatic nitrogens is 1. The maximum Gasteiger partial charge on any atom is 0.183 e. The number of halogens is 1. The van der Waals surface area contributed by atoms with Crippen LogP contribution < -0.4 is 0 Å². The van der Waals surface area contributed by atoms with Gasteiger partial charge >= 0.3 is 0 Å². The average molecular weight is 247 g/mol. The van der Waals surface area contributed by atoms with Gasteiger partial charge in [0.25, 0.3) is 0 Å². The van der Waals surface area contributed by atoms with E-state index in [0.29, 0.717) is 10.6 Å². The molecule has 0 radical (unpaired) electrons. The van der Waals surface area contributed by atoms with Gasteiger partial charge in [-0.05, 0) is 19.4 Å². The van der Waals surface area contributed by atoms with Gasteiger partial charge in [0.1, 0.15) is 0 Å². The van der Waals surface area contributed by atoms with Crippen molar-refractivity contribution in [3.8, 4) is 0 Å². The minimum absolute atomic E-state index is 0.391. The minimum Gasteiger partial charge on any atom is -0.380 e. The highest BCUT2D eigenvalue weighted by molar-refractivity contribution is 7.15. The Kier molecular flexibility index (Phi) is 3.97. The van der Waals surface area contributed by atoms with E-state index in [4.69, 9.17) is 16.3 Å². The summed E-state index contributed by atoms with van der Waals surface area (Å²) < 4.78 is 6.01. The normalized spacial score (nSPS) is 23.2. The molecular formula is C10H15ClN2OS. The molecule has 1 aromatic heterocycles. The van der Waals surface area contributed by atoms with Crippen LogP contribution in [0.3, 0.4) is 0 Å². The first kappa shape index (κ1) is 11.3. The fourth-order valence-electron chi connectivity index (χ4n) is 1.93. The number of piperidine rings is 1. The number of methoxy groups -OCH3 is 1. The highest BCUT2D eigenvalue weighted by atomic mass is 35.5. The molecule has 1 aromatic rings. The lowest BCUT2D eigenvalue weighted by atomic mass is 10.1. The van der Waals surface area contributed by atoms with Gasteiger partial charge in [-0.2, -0.15) is 0 Å². The first-order valence-electron chi connectivity index (χ1n) is 5.13. The van der Waals surface area contributed by atoms with Crippen LogP contribution in [0.4, 0.5) is 0 Å². The number of hydrogen-bond donors (Lipinski definition) is 0. The number of likely N-dealkylation sites (tertiary alicyclic amines) is 1. The minimum atomic E-state index is 0.391. The zero-order chi connectivity index (χ0) is 10.7. The SMILES string of the molecule is COC1CCCN(Cc2cnc(Cl)s2)C1. The van der Waals surface area contributed by atoms with Gasteiger partial charge in [0.2, 0.25) is 0 Å². The van der Waals surface area contributed by atoms with Crippen LogP contribution in [0.25, 0.3) is 0 Å². The van der Waals surface area contributed by atoms with E-state index in [0.717, 1.165) is 19.6 Å². The fourth-order valence-corrected chi connectivity index (χ4v) is 2.95. The molecule has 1 aliphatic rings. The molecule has 1 aliphatic heterocycles. The standard InChI is InChI=1S/C10H15ClN2OS/c1-14-8-3-2-4-13(6-8)7-9-5-12-10(11)15-9/h5,8H,2-4,6-7H2,1H3. The molecule has 1 atom stereocenters. The maximum absolute atomic E-state index is 5.80. The van der Waals surface area contributed by atoms with Crippen LogP contribution in [0.1, 0.15) is 17.7 Å². The number of ether oxygens (including phenoxy) is 1. The summed E-state index contributed by atoms with van der Waals surface area (Å²) in [5, 5.41) is 0. The zero-order valence-corrected chi connectivity index (χ0v) is 10.4. The number of nitrogens with zero attached hydrogens (tertiary/aromatic N) is 2. The Bertz CT molecular complexity index is 318. The molecular weight excluding hydrogens is 232 g/mol. The van der Waals surface area contributed by atoms with Crippen molar-refractivity contribution in [2.75, 3.05) is 20.2 Å². The first-order chi connectivity index (χ1) is 7.28. The second-order valence-electron chi connectivity index (χ2n) is 3.81.